The molecule has 2 aromatic carbocycles. The number of carbonyl (C=O) groups excluding carboxylic acids is 4. The second kappa shape index (κ2) is 10.0. The zero-order valence-corrected chi connectivity index (χ0v) is 19.7. The summed E-state index contributed by atoms with van der Waals surface area (Å²) in [6.45, 7) is 5.87. The van der Waals surface area contributed by atoms with Gasteiger partial charge in [-0.3, -0.25) is 19.3 Å². The van der Waals surface area contributed by atoms with Gasteiger partial charge in [-0.25, -0.2) is 4.79 Å². The molecule has 0 saturated carbocycles. The van der Waals surface area contributed by atoms with Crippen LogP contribution in [0.15, 0.2) is 66.5 Å². The van der Waals surface area contributed by atoms with Gasteiger partial charge in [0.05, 0.1) is 0 Å². The van der Waals surface area contributed by atoms with Crippen molar-refractivity contribution < 1.29 is 19.2 Å². The van der Waals surface area contributed by atoms with E-state index in [2.05, 4.69) is 27.8 Å². The van der Waals surface area contributed by atoms with Crippen LogP contribution >= 0.6 is 11.6 Å². The van der Waals surface area contributed by atoms with E-state index in [1.807, 2.05) is 13.0 Å². The maximum absolute atomic E-state index is 12.8. The second-order valence-electron chi connectivity index (χ2n) is 8.31. The molecule has 0 bridgehead atoms. The van der Waals surface area contributed by atoms with Crippen molar-refractivity contribution in [1.29, 1.82) is 0 Å². The Morgan fingerprint density at radius 1 is 1.14 bits per heavy atom. The van der Waals surface area contributed by atoms with E-state index in [0.717, 1.165) is 16.0 Å². The lowest BCUT2D eigenvalue weighted by Crippen LogP contribution is -2.52. The van der Waals surface area contributed by atoms with Crippen molar-refractivity contribution in [2.75, 3.05) is 10.6 Å². The molecular weight excluding hydrogens is 470 g/mol. The summed E-state index contributed by atoms with van der Waals surface area (Å²) in [5.74, 6) is -1.50. The van der Waals surface area contributed by atoms with Gasteiger partial charge in [0.25, 0.3) is 11.8 Å². The first kappa shape index (κ1) is 24.0. The number of carbonyl (C=O) groups is 4. The van der Waals surface area contributed by atoms with Crippen LogP contribution < -0.4 is 21.3 Å². The van der Waals surface area contributed by atoms with Gasteiger partial charge in [0, 0.05) is 34.7 Å². The van der Waals surface area contributed by atoms with Crippen molar-refractivity contribution in [3.05, 3.63) is 82.7 Å². The number of rotatable bonds is 6. The highest BCUT2D eigenvalue weighted by atomic mass is 35.5. The van der Waals surface area contributed by atoms with Crippen LogP contribution in [0.3, 0.4) is 0 Å². The highest BCUT2D eigenvalue weighted by Gasteiger charge is 2.41. The molecule has 5 amide bonds. The van der Waals surface area contributed by atoms with Gasteiger partial charge >= 0.3 is 6.03 Å². The molecule has 2 heterocycles. The first-order valence-corrected chi connectivity index (χ1v) is 11.3. The first-order valence-electron chi connectivity index (χ1n) is 11.0. The van der Waals surface area contributed by atoms with Gasteiger partial charge in [-0.15, -0.1) is 0 Å². The summed E-state index contributed by atoms with van der Waals surface area (Å²) in [7, 11) is 0. The van der Waals surface area contributed by atoms with E-state index in [1.165, 1.54) is 6.08 Å². The SMILES string of the molecule is C=C1CCC(N2C(=O)C=C(Nc3ccc(CNC(=O)Nc4ccc(C)c(Cl)c4)cc3)C2=O)C(=O)N1. The number of piperidine rings is 1. The normalized spacial score (nSPS) is 17.7. The molecule has 35 heavy (non-hydrogen) atoms. The number of imide groups is 1. The third-order valence-electron chi connectivity index (χ3n) is 5.70. The smallest absolute Gasteiger partial charge is 0.319 e. The Labute approximate surface area is 207 Å². The van der Waals surface area contributed by atoms with Gasteiger partial charge in [0.2, 0.25) is 5.91 Å². The fraction of sp³-hybridized carbons (Fsp3) is 0.200. The average molecular weight is 494 g/mol. The number of allylic oxidation sites excluding steroid dienone is 1. The summed E-state index contributed by atoms with van der Waals surface area (Å²) in [5.41, 5.74) is 3.59. The second-order valence-corrected chi connectivity index (χ2v) is 8.72. The number of hydrogen-bond acceptors (Lipinski definition) is 5. The fourth-order valence-corrected chi connectivity index (χ4v) is 3.95. The van der Waals surface area contributed by atoms with Crippen LogP contribution in [-0.2, 0) is 20.9 Å². The van der Waals surface area contributed by atoms with Crippen molar-refractivity contribution >= 4 is 46.7 Å². The Morgan fingerprint density at radius 3 is 2.54 bits per heavy atom. The molecule has 4 rings (SSSR count). The molecule has 0 radical (unpaired) electrons. The molecule has 1 saturated heterocycles. The summed E-state index contributed by atoms with van der Waals surface area (Å²) < 4.78 is 0. The zero-order chi connectivity index (χ0) is 25.1. The Morgan fingerprint density at radius 2 is 1.86 bits per heavy atom. The molecule has 2 aromatic rings. The minimum Gasteiger partial charge on any atom is -0.351 e. The maximum Gasteiger partial charge on any atom is 0.319 e. The number of anilines is 2. The third-order valence-corrected chi connectivity index (χ3v) is 6.11. The van der Waals surface area contributed by atoms with Gasteiger partial charge in [-0.05, 0) is 55.2 Å². The number of aryl methyl sites for hydroxylation is 1. The molecule has 2 aliphatic rings. The predicted octanol–water partition coefficient (Wildman–Crippen LogP) is 3.43. The average Bonchev–Trinajstić information content (AvgIpc) is 3.08. The van der Waals surface area contributed by atoms with E-state index >= 15 is 0 Å². The fourth-order valence-electron chi connectivity index (χ4n) is 3.77. The van der Waals surface area contributed by atoms with Crippen LogP contribution in [0, 0.1) is 6.92 Å². The number of hydrogen-bond donors (Lipinski definition) is 4. The van der Waals surface area contributed by atoms with E-state index in [9.17, 15) is 19.2 Å². The molecule has 4 N–H and O–H groups in total. The van der Waals surface area contributed by atoms with Crippen LogP contribution in [0.1, 0.15) is 24.0 Å². The molecule has 0 aromatic heterocycles. The highest BCUT2D eigenvalue weighted by Crippen LogP contribution is 2.24. The van der Waals surface area contributed by atoms with Gasteiger partial charge in [0.15, 0.2) is 0 Å². The summed E-state index contributed by atoms with van der Waals surface area (Å²) in [6, 6.07) is 11.1. The van der Waals surface area contributed by atoms with Crippen LogP contribution in [0.25, 0.3) is 0 Å². The molecular formula is C25H24ClN5O4. The third kappa shape index (κ3) is 5.52. The minimum atomic E-state index is -0.855. The molecule has 9 nitrogen and oxygen atoms in total. The summed E-state index contributed by atoms with van der Waals surface area (Å²) >= 11 is 6.08. The summed E-state index contributed by atoms with van der Waals surface area (Å²) in [6.07, 6.45) is 2.04. The topological polar surface area (TPSA) is 120 Å². The number of amides is 5. The molecule has 1 fully saturated rings. The van der Waals surface area contributed by atoms with E-state index in [0.29, 0.717) is 34.9 Å². The predicted molar refractivity (Wildman–Crippen MR) is 132 cm³/mol. The van der Waals surface area contributed by atoms with Crippen molar-refractivity contribution in [1.82, 2.24) is 15.5 Å². The number of urea groups is 1. The molecule has 0 spiro atoms. The summed E-state index contributed by atoms with van der Waals surface area (Å²) in [5, 5.41) is 11.6. The molecule has 1 atom stereocenters. The number of benzene rings is 2. The Hall–Kier alpha value is -4.11. The van der Waals surface area contributed by atoms with Crippen LogP contribution in [-0.4, -0.2) is 34.7 Å². The number of halogens is 1. The minimum absolute atomic E-state index is 0.0919. The van der Waals surface area contributed by atoms with Crippen molar-refractivity contribution in [3.8, 4) is 0 Å². The van der Waals surface area contributed by atoms with E-state index < -0.39 is 23.8 Å². The van der Waals surface area contributed by atoms with Gasteiger partial charge in [0.1, 0.15) is 11.7 Å². The Kier molecular flexibility index (Phi) is 6.88. The van der Waals surface area contributed by atoms with Crippen LogP contribution in [0.5, 0.6) is 0 Å². The highest BCUT2D eigenvalue weighted by molar-refractivity contribution is 6.31. The largest absolute Gasteiger partial charge is 0.351 e. The molecule has 10 heteroatoms. The Balaban J connectivity index is 1.31. The summed E-state index contributed by atoms with van der Waals surface area (Å²) in [4.78, 5) is 50.6. The lowest BCUT2D eigenvalue weighted by atomic mass is 10.0. The van der Waals surface area contributed by atoms with Gasteiger partial charge in [-0.1, -0.05) is 36.4 Å². The molecule has 180 valence electrons. The molecule has 1 unspecified atom stereocenters. The zero-order valence-electron chi connectivity index (χ0n) is 19.0. The first-order chi connectivity index (χ1) is 16.7. The monoisotopic (exact) mass is 493 g/mol. The quantitative estimate of drug-likeness (QED) is 0.460. The van der Waals surface area contributed by atoms with Crippen LogP contribution in [0.2, 0.25) is 5.02 Å². The van der Waals surface area contributed by atoms with E-state index in [1.54, 1.807) is 36.4 Å². The standard InChI is InChI=1S/C25H24ClN5O4/c1-14-3-7-18(11-19(14)26)30-25(35)27-13-16-5-8-17(9-6-16)29-20-12-22(32)31(24(20)34)21-10-4-15(2)28-23(21)33/h3,5-9,11-12,21,29H,2,4,10,13H2,1H3,(H,28,33)(H2,27,30,35). The van der Waals surface area contributed by atoms with Crippen molar-refractivity contribution in [2.45, 2.75) is 32.4 Å². The van der Waals surface area contributed by atoms with Gasteiger partial charge in [-0.2, -0.15) is 0 Å². The molecule has 0 aliphatic carbocycles. The van der Waals surface area contributed by atoms with Crippen molar-refractivity contribution in [2.24, 2.45) is 0 Å². The van der Waals surface area contributed by atoms with E-state index in [-0.39, 0.29) is 18.3 Å². The van der Waals surface area contributed by atoms with Gasteiger partial charge < -0.3 is 21.3 Å². The lowest BCUT2D eigenvalue weighted by molar-refractivity contribution is -0.146. The molecule has 2 aliphatic heterocycles. The Bertz CT molecular complexity index is 1260. The van der Waals surface area contributed by atoms with E-state index in [4.69, 9.17) is 11.6 Å². The maximum atomic E-state index is 12.8. The van der Waals surface area contributed by atoms with Crippen molar-refractivity contribution in [3.63, 3.8) is 0 Å². The number of nitrogens with zero attached hydrogens (tertiary/aromatic N) is 1. The number of nitrogens with one attached hydrogen (secondary N) is 4. The van der Waals surface area contributed by atoms with Crippen LogP contribution in [0.4, 0.5) is 16.2 Å². The lowest BCUT2D eigenvalue weighted by Gasteiger charge is -2.29.